The van der Waals surface area contributed by atoms with E-state index in [1.165, 1.54) is 103 Å². The minimum atomic E-state index is 0.844. The summed E-state index contributed by atoms with van der Waals surface area (Å²) in [5.74, 6) is 0. The van der Waals surface area contributed by atoms with Gasteiger partial charge in [-0.05, 0) is 51.6 Å². The molecule has 0 rings (SSSR count). The molecule has 0 saturated heterocycles. The molecule has 146 valence electrons. The normalized spacial score (nSPS) is 10.8. The summed E-state index contributed by atoms with van der Waals surface area (Å²) in [6, 6.07) is 0. The third kappa shape index (κ3) is 29.6. The summed E-state index contributed by atoms with van der Waals surface area (Å²) in [5.41, 5.74) is 10.6. The number of rotatable bonds is 17. The van der Waals surface area contributed by atoms with Crippen molar-refractivity contribution in [2.75, 3.05) is 13.1 Å². The van der Waals surface area contributed by atoms with Gasteiger partial charge < -0.3 is 11.5 Å². The van der Waals surface area contributed by atoms with Crippen LogP contribution in [0.1, 0.15) is 117 Å². The summed E-state index contributed by atoms with van der Waals surface area (Å²) in [6.45, 7) is 6.12. The van der Waals surface area contributed by atoms with Gasteiger partial charge in [0, 0.05) is 0 Å². The van der Waals surface area contributed by atoms with Crippen LogP contribution in [0.2, 0.25) is 0 Å². The molecule has 0 spiro atoms. The molecule has 0 fully saturated rings. The molecule has 0 unspecified atom stereocenters. The van der Waals surface area contributed by atoms with Crippen molar-refractivity contribution in [3.05, 3.63) is 12.2 Å². The Morgan fingerprint density at radius 1 is 0.458 bits per heavy atom. The monoisotopic (exact) mass is 340 g/mol. The molecule has 0 saturated carbocycles. The Morgan fingerprint density at radius 3 is 1.21 bits per heavy atom. The molecular weight excluding hydrogens is 292 g/mol. The van der Waals surface area contributed by atoms with Crippen molar-refractivity contribution in [2.45, 2.75) is 117 Å². The zero-order chi connectivity index (χ0) is 18.1. The van der Waals surface area contributed by atoms with Crippen molar-refractivity contribution in [3.8, 4) is 0 Å². The second-order valence-corrected chi connectivity index (χ2v) is 6.87. The number of hydrogen-bond acceptors (Lipinski definition) is 2. The molecule has 0 aliphatic heterocycles. The molecule has 0 aromatic heterocycles. The maximum absolute atomic E-state index is 5.47. The first-order valence-electron chi connectivity index (χ1n) is 10.9. The van der Waals surface area contributed by atoms with Gasteiger partial charge in [-0.1, -0.05) is 90.2 Å². The molecule has 2 heteroatoms. The second-order valence-electron chi connectivity index (χ2n) is 6.87. The van der Waals surface area contributed by atoms with E-state index in [2.05, 4.69) is 26.0 Å². The summed E-state index contributed by atoms with van der Waals surface area (Å²) in [6.07, 6.45) is 26.3. The quantitative estimate of drug-likeness (QED) is 0.228. The van der Waals surface area contributed by atoms with Crippen LogP contribution in [-0.4, -0.2) is 13.1 Å². The van der Waals surface area contributed by atoms with Crippen LogP contribution < -0.4 is 11.5 Å². The van der Waals surface area contributed by atoms with Gasteiger partial charge in [0.05, 0.1) is 0 Å². The van der Waals surface area contributed by atoms with Gasteiger partial charge >= 0.3 is 0 Å². The molecular formula is C22H48N2. The highest BCUT2D eigenvalue weighted by molar-refractivity contribution is 4.81. The fraction of sp³-hybridized carbons (Fsp3) is 0.909. The fourth-order valence-corrected chi connectivity index (χ4v) is 2.60. The maximum atomic E-state index is 5.47. The third-order valence-corrected chi connectivity index (χ3v) is 4.27. The van der Waals surface area contributed by atoms with Crippen LogP contribution in [0.3, 0.4) is 0 Å². The Balaban J connectivity index is 0. The molecule has 0 atom stereocenters. The summed E-state index contributed by atoms with van der Waals surface area (Å²) >= 11 is 0. The molecule has 0 aromatic carbocycles. The van der Waals surface area contributed by atoms with E-state index in [1.54, 1.807) is 0 Å². The highest BCUT2D eigenvalue weighted by Gasteiger charge is 1.90. The predicted molar refractivity (Wildman–Crippen MR) is 112 cm³/mol. The first-order chi connectivity index (χ1) is 11.8. The van der Waals surface area contributed by atoms with Crippen molar-refractivity contribution in [1.82, 2.24) is 0 Å². The highest BCUT2D eigenvalue weighted by atomic mass is 14.5. The maximum Gasteiger partial charge on any atom is -0.00773 e. The van der Waals surface area contributed by atoms with Gasteiger partial charge in [0.2, 0.25) is 0 Å². The van der Waals surface area contributed by atoms with E-state index in [0.29, 0.717) is 0 Å². The largest absolute Gasteiger partial charge is 0.330 e. The Hall–Kier alpha value is -0.340. The van der Waals surface area contributed by atoms with Crippen molar-refractivity contribution in [3.63, 3.8) is 0 Å². The summed E-state index contributed by atoms with van der Waals surface area (Å²) in [5, 5.41) is 0. The minimum absolute atomic E-state index is 0.844. The lowest BCUT2D eigenvalue weighted by molar-refractivity contribution is 0.599. The van der Waals surface area contributed by atoms with Gasteiger partial charge in [-0.15, -0.1) is 0 Å². The van der Waals surface area contributed by atoms with Crippen LogP contribution in [0.4, 0.5) is 0 Å². The van der Waals surface area contributed by atoms with Crippen LogP contribution in [-0.2, 0) is 0 Å². The summed E-state index contributed by atoms with van der Waals surface area (Å²) in [7, 11) is 0. The van der Waals surface area contributed by atoms with Crippen LogP contribution in [0.5, 0.6) is 0 Å². The summed E-state index contributed by atoms with van der Waals surface area (Å²) in [4.78, 5) is 0. The molecule has 0 aliphatic carbocycles. The number of allylic oxidation sites excluding steroid dienone is 2. The van der Waals surface area contributed by atoms with E-state index in [-0.39, 0.29) is 0 Å². The minimum Gasteiger partial charge on any atom is -0.330 e. The second kappa shape index (κ2) is 27.5. The van der Waals surface area contributed by atoms with Gasteiger partial charge in [-0.3, -0.25) is 0 Å². The lowest BCUT2D eigenvalue weighted by Crippen LogP contribution is -1.97. The lowest BCUT2D eigenvalue weighted by atomic mass is 10.1. The predicted octanol–water partition coefficient (Wildman–Crippen LogP) is 6.73. The number of nitrogens with two attached hydrogens (primary N) is 2. The highest BCUT2D eigenvalue weighted by Crippen LogP contribution is 2.09. The van der Waals surface area contributed by atoms with Crippen molar-refractivity contribution in [2.24, 2.45) is 11.5 Å². The molecule has 2 nitrogen and oxygen atoms in total. The van der Waals surface area contributed by atoms with Gasteiger partial charge in [0.1, 0.15) is 0 Å². The Bertz CT molecular complexity index is 212. The van der Waals surface area contributed by atoms with Crippen LogP contribution in [0.15, 0.2) is 12.2 Å². The average Bonchev–Trinajstić information content (AvgIpc) is 2.60. The standard InChI is InChI=1S/C18H37N.C4H11N/c1-2-3-4-5-6-7-8-9-10-11-12-13-14-15-16-17-18-19;1-2-3-4-5/h9-10H,2-8,11-19H2,1H3;2-5H2,1H3/b10-9-;. The van der Waals surface area contributed by atoms with Crippen LogP contribution >= 0.6 is 0 Å². The van der Waals surface area contributed by atoms with Crippen molar-refractivity contribution >= 4 is 0 Å². The smallest absolute Gasteiger partial charge is 0.00773 e. The van der Waals surface area contributed by atoms with E-state index in [4.69, 9.17) is 11.5 Å². The van der Waals surface area contributed by atoms with E-state index in [0.717, 1.165) is 13.1 Å². The lowest BCUT2D eigenvalue weighted by Gasteiger charge is -1.99. The van der Waals surface area contributed by atoms with E-state index >= 15 is 0 Å². The SMILES string of the molecule is CCCCCCCC/C=C\CCCCCCCCN.CCCCN. The molecule has 0 amide bonds. The average molecular weight is 341 g/mol. The third-order valence-electron chi connectivity index (χ3n) is 4.27. The van der Waals surface area contributed by atoms with Gasteiger partial charge in [0.25, 0.3) is 0 Å². The number of hydrogen-bond donors (Lipinski definition) is 2. The van der Waals surface area contributed by atoms with Crippen molar-refractivity contribution < 1.29 is 0 Å². The van der Waals surface area contributed by atoms with E-state index in [9.17, 15) is 0 Å². The Morgan fingerprint density at radius 2 is 0.833 bits per heavy atom. The molecule has 24 heavy (non-hydrogen) atoms. The van der Waals surface area contributed by atoms with E-state index in [1.807, 2.05) is 0 Å². The molecule has 4 N–H and O–H groups in total. The first kappa shape index (κ1) is 25.9. The Kier molecular flexibility index (Phi) is 29.7. The van der Waals surface area contributed by atoms with E-state index < -0.39 is 0 Å². The molecule has 0 bridgehead atoms. The molecule has 0 aromatic rings. The van der Waals surface area contributed by atoms with Crippen LogP contribution in [0.25, 0.3) is 0 Å². The van der Waals surface area contributed by atoms with Crippen molar-refractivity contribution in [1.29, 1.82) is 0 Å². The molecule has 0 heterocycles. The zero-order valence-corrected chi connectivity index (χ0v) is 17.0. The molecule has 0 aliphatic rings. The topological polar surface area (TPSA) is 52.0 Å². The summed E-state index contributed by atoms with van der Waals surface area (Å²) < 4.78 is 0. The van der Waals surface area contributed by atoms with Gasteiger partial charge in [0.15, 0.2) is 0 Å². The fourth-order valence-electron chi connectivity index (χ4n) is 2.60. The van der Waals surface area contributed by atoms with Gasteiger partial charge in [-0.2, -0.15) is 0 Å². The first-order valence-corrected chi connectivity index (χ1v) is 10.9. The van der Waals surface area contributed by atoms with Crippen LogP contribution in [0, 0.1) is 0 Å². The Labute approximate surface area is 153 Å². The number of unbranched alkanes of at least 4 members (excludes halogenated alkanes) is 13. The molecule has 0 radical (unpaired) electrons. The zero-order valence-electron chi connectivity index (χ0n) is 17.0. The van der Waals surface area contributed by atoms with Gasteiger partial charge in [-0.25, -0.2) is 0 Å².